The van der Waals surface area contributed by atoms with Crippen LogP contribution in [0.2, 0.25) is 0 Å². The lowest BCUT2D eigenvalue weighted by atomic mass is 10.1. The zero-order valence-electron chi connectivity index (χ0n) is 10.3. The van der Waals surface area contributed by atoms with Crippen LogP contribution in [0.3, 0.4) is 0 Å². The molecule has 4 heteroatoms. The largest absolute Gasteiger partial charge is 0.397 e. The van der Waals surface area contributed by atoms with Crippen LogP contribution in [-0.2, 0) is 12.8 Å². The molecule has 0 aromatic heterocycles. The van der Waals surface area contributed by atoms with Crippen LogP contribution in [0.4, 0.5) is 15.8 Å². The minimum absolute atomic E-state index is 0.278. The summed E-state index contributed by atoms with van der Waals surface area (Å²) in [7, 11) is 0. The summed E-state index contributed by atoms with van der Waals surface area (Å²) in [6.07, 6.45) is 1.90. The zero-order valence-corrected chi connectivity index (χ0v) is 11.9. The van der Waals surface area contributed by atoms with Crippen molar-refractivity contribution in [3.8, 4) is 0 Å². The fourth-order valence-corrected chi connectivity index (χ4v) is 2.93. The molecule has 2 nitrogen and oxygen atoms in total. The van der Waals surface area contributed by atoms with E-state index in [0.29, 0.717) is 15.8 Å². The molecule has 0 aliphatic heterocycles. The molecule has 0 heterocycles. The second-order valence-electron chi connectivity index (χ2n) is 4.87. The van der Waals surface area contributed by atoms with Gasteiger partial charge in [0.2, 0.25) is 0 Å². The number of halogens is 2. The first-order valence-electron chi connectivity index (χ1n) is 6.21. The molecule has 1 aliphatic rings. The van der Waals surface area contributed by atoms with Gasteiger partial charge in [-0.15, -0.1) is 0 Å². The number of rotatable bonds is 2. The number of nitrogen functional groups attached to an aromatic ring is 1. The third-order valence-electron chi connectivity index (χ3n) is 3.50. The van der Waals surface area contributed by atoms with Crippen LogP contribution in [0.15, 0.2) is 40.9 Å². The summed E-state index contributed by atoms with van der Waals surface area (Å²) in [5, 5.41) is 3.34. The Morgan fingerprint density at radius 1 is 1.16 bits per heavy atom. The van der Waals surface area contributed by atoms with E-state index in [9.17, 15) is 4.39 Å². The lowest BCUT2D eigenvalue weighted by molar-refractivity contribution is 0.621. The maximum atomic E-state index is 13.6. The molecule has 1 aliphatic carbocycles. The Balaban J connectivity index is 1.79. The molecule has 2 aromatic rings. The van der Waals surface area contributed by atoms with Gasteiger partial charge in [-0.05, 0) is 46.0 Å². The summed E-state index contributed by atoms with van der Waals surface area (Å²) in [4.78, 5) is 0. The highest BCUT2D eigenvalue weighted by molar-refractivity contribution is 9.10. The smallest absolute Gasteiger partial charge is 0.139 e. The van der Waals surface area contributed by atoms with E-state index >= 15 is 0 Å². The fraction of sp³-hybridized carbons (Fsp3) is 0.200. The molecule has 3 rings (SSSR count). The van der Waals surface area contributed by atoms with Crippen LogP contribution in [0, 0.1) is 5.82 Å². The number of benzene rings is 2. The number of hydrogen-bond donors (Lipinski definition) is 2. The van der Waals surface area contributed by atoms with Gasteiger partial charge in [0.15, 0.2) is 0 Å². The normalized spacial score (nSPS) is 14.4. The lowest BCUT2D eigenvalue weighted by Gasteiger charge is -2.16. The SMILES string of the molecule is Nc1cc(Br)c(F)cc1NC1Cc2ccccc2C1. The van der Waals surface area contributed by atoms with Gasteiger partial charge >= 0.3 is 0 Å². The average molecular weight is 321 g/mol. The molecule has 2 aromatic carbocycles. The van der Waals surface area contributed by atoms with Gasteiger partial charge in [-0.3, -0.25) is 0 Å². The Kier molecular flexibility index (Phi) is 3.19. The molecule has 0 saturated carbocycles. The molecule has 0 fully saturated rings. The van der Waals surface area contributed by atoms with Gasteiger partial charge in [-0.2, -0.15) is 0 Å². The summed E-state index contributed by atoms with van der Waals surface area (Å²) in [6.45, 7) is 0. The second-order valence-corrected chi connectivity index (χ2v) is 5.73. The molecule has 0 radical (unpaired) electrons. The van der Waals surface area contributed by atoms with Gasteiger partial charge in [0.25, 0.3) is 0 Å². The van der Waals surface area contributed by atoms with Crippen molar-refractivity contribution in [1.82, 2.24) is 0 Å². The number of nitrogens with one attached hydrogen (secondary N) is 1. The van der Waals surface area contributed by atoms with Crippen LogP contribution in [0.1, 0.15) is 11.1 Å². The third-order valence-corrected chi connectivity index (χ3v) is 4.11. The summed E-state index contributed by atoms with van der Waals surface area (Å²) in [6, 6.07) is 11.7. The minimum atomic E-state index is -0.299. The van der Waals surface area contributed by atoms with Crippen molar-refractivity contribution in [3.05, 3.63) is 57.8 Å². The summed E-state index contributed by atoms with van der Waals surface area (Å²) in [5.41, 5.74) is 9.85. The number of nitrogens with two attached hydrogens (primary N) is 1. The van der Waals surface area contributed by atoms with E-state index in [1.54, 1.807) is 6.07 Å². The quantitative estimate of drug-likeness (QED) is 0.827. The van der Waals surface area contributed by atoms with Gasteiger partial charge in [0.1, 0.15) is 5.82 Å². The van der Waals surface area contributed by atoms with E-state index < -0.39 is 0 Å². The molecule has 0 saturated heterocycles. The highest BCUT2D eigenvalue weighted by Crippen LogP contribution is 2.30. The van der Waals surface area contributed by atoms with E-state index in [1.807, 2.05) is 0 Å². The molecule has 19 heavy (non-hydrogen) atoms. The first kappa shape index (κ1) is 12.5. The number of fused-ring (bicyclic) bond motifs is 1. The van der Waals surface area contributed by atoms with Crippen LogP contribution in [0.5, 0.6) is 0 Å². The van der Waals surface area contributed by atoms with Crippen molar-refractivity contribution >= 4 is 27.3 Å². The highest BCUT2D eigenvalue weighted by Gasteiger charge is 2.21. The van der Waals surface area contributed by atoms with Crippen molar-refractivity contribution in [2.75, 3.05) is 11.1 Å². The van der Waals surface area contributed by atoms with Crippen molar-refractivity contribution in [2.45, 2.75) is 18.9 Å². The Hall–Kier alpha value is -1.55. The van der Waals surface area contributed by atoms with E-state index in [-0.39, 0.29) is 11.9 Å². The van der Waals surface area contributed by atoms with Crippen molar-refractivity contribution in [1.29, 1.82) is 0 Å². The standard InChI is InChI=1S/C15H14BrFN2/c16-12-7-14(18)15(8-13(12)17)19-11-5-9-3-1-2-4-10(9)6-11/h1-4,7-8,11,19H,5-6,18H2. The van der Waals surface area contributed by atoms with E-state index in [0.717, 1.165) is 12.8 Å². The van der Waals surface area contributed by atoms with Crippen molar-refractivity contribution in [2.24, 2.45) is 0 Å². The van der Waals surface area contributed by atoms with Gasteiger partial charge < -0.3 is 11.1 Å². The Morgan fingerprint density at radius 3 is 2.42 bits per heavy atom. The third kappa shape index (κ3) is 2.45. The maximum Gasteiger partial charge on any atom is 0.139 e. The number of anilines is 2. The fourth-order valence-electron chi connectivity index (χ4n) is 2.57. The van der Waals surface area contributed by atoms with E-state index in [1.165, 1.54) is 17.2 Å². The number of hydrogen-bond acceptors (Lipinski definition) is 2. The average Bonchev–Trinajstić information content (AvgIpc) is 2.78. The topological polar surface area (TPSA) is 38.0 Å². The van der Waals surface area contributed by atoms with Gasteiger partial charge in [0.05, 0.1) is 15.8 Å². The van der Waals surface area contributed by atoms with E-state index in [2.05, 4.69) is 45.5 Å². The monoisotopic (exact) mass is 320 g/mol. The Morgan fingerprint density at radius 2 is 1.79 bits per heavy atom. The summed E-state index contributed by atoms with van der Waals surface area (Å²) >= 11 is 3.13. The van der Waals surface area contributed by atoms with Crippen LogP contribution >= 0.6 is 15.9 Å². The first-order chi connectivity index (χ1) is 9.13. The molecule has 98 valence electrons. The van der Waals surface area contributed by atoms with Crippen LogP contribution in [0.25, 0.3) is 0 Å². The van der Waals surface area contributed by atoms with Crippen molar-refractivity contribution < 1.29 is 4.39 Å². The summed E-state index contributed by atoms with van der Waals surface area (Å²) < 4.78 is 13.9. The first-order valence-corrected chi connectivity index (χ1v) is 7.00. The lowest BCUT2D eigenvalue weighted by Crippen LogP contribution is -2.20. The molecular formula is C15H14BrFN2. The molecule has 0 atom stereocenters. The van der Waals surface area contributed by atoms with Crippen LogP contribution in [-0.4, -0.2) is 6.04 Å². The molecule has 3 N–H and O–H groups in total. The molecule has 0 bridgehead atoms. The van der Waals surface area contributed by atoms with Gasteiger partial charge in [-0.25, -0.2) is 4.39 Å². The zero-order chi connectivity index (χ0) is 13.4. The summed E-state index contributed by atoms with van der Waals surface area (Å²) in [5.74, 6) is -0.299. The minimum Gasteiger partial charge on any atom is -0.397 e. The van der Waals surface area contributed by atoms with Gasteiger partial charge in [0, 0.05) is 12.1 Å². The molecule has 0 unspecified atom stereocenters. The molecule has 0 amide bonds. The predicted molar refractivity (Wildman–Crippen MR) is 79.8 cm³/mol. The highest BCUT2D eigenvalue weighted by atomic mass is 79.9. The molecular weight excluding hydrogens is 307 g/mol. The van der Waals surface area contributed by atoms with E-state index in [4.69, 9.17) is 5.73 Å². The predicted octanol–water partition coefficient (Wildman–Crippen LogP) is 3.75. The maximum absolute atomic E-state index is 13.6. The van der Waals surface area contributed by atoms with Crippen molar-refractivity contribution in [3.63, 3.8) is 0 Å². The second kappa shape index (κ2) is 4.85. The Labute approximate surface area is 120 Å². The van der Waals surface area contributed by atoms with Crippen LogP contribution < -0.4 is 11.1 Å². The molecule has 0 spiro atoms. The van der Waals surface area contributed by atoms with Gasteiger partial charge in [-0.1, -0.05) is 24.3 Å². The Bertz CT molecular complexity index is 603.